The molecular formula is C23H25N3O5. The zero-order valence-corrected chi connectivity index (χ0v) is 17.5. The SMILES string of the molecule is CCOc1ccc(NC(=O)[C@H](C)OC(=O)c2ccc3c(c2)NC(=O)[C@H]2CCCN32)cc1. The Morgan fingerprint density at radius 2 is 2.00 bits per heavy atom. The van der Waals surface area contributed by atoms with Crippen LogP contribution in [0.1, 0.15) is 37.0 Å². The summed E-state index contributed by atoms with van der Waals surface area (Å²) in [6.07, 6.45) is 0.797. The molecule has 2 aromatic carbocycles. The fourth-order valence-corrected chi connectivity index (χ4v) is 3.88. The highest BCUT2D eigenvalue weighted by Gasteiger charge is 2.36. The minimum absolute atomic E-state index is 0.0568. The van der Waals surface area contributed by atoms with Gasteiger partial charge in [0.1, 0.15) is 11.8 Å². The minimum Gasteiger partial charge on any atom is -0.494 e. The smallest absolute Gasteiger partial charge is 0.338 e. The van der Waals surface area contributed by atoms with Gasteiger partial charge < -0.3 is 25.0 Å². The third kappa shape index (κ3) is 4.33. The van der Waals surface area contributed by atoms with Gasteiger partial charge in [0.25, 0.3) is 5.91 Å². The number of carbonyl (C=O) groups is 3. The number of fused-ring (bicyclic) bond motifs is 3. The Morgan fingerprint density at radius 1 is 1.23 bits per heavy atom. The van der Waals surface area contributed by atoms with E-state index in [0.29, 0.717) is 23.7 Å². The number of benzene rings is 2. The van der Waals surface area contributed by atoms with Gasteiger partial charge in [0.05, 0.1) is 23.5 Å². The van der Waals surface area contributed by atoms with Crippen molar-refractivity contribution in [3.8, 4) is 5.75 Å². The molecule has 4 rings (SSSR count). The molecule has 8 heteroatoms. The monoisotopic (exact) mass is 423 g/mol. The molecule has 0 aliphatic carbocycles. The second-order valence-corrected chi connectivity index (χ2v) is 7.57. The van der Waals surface area contributed by atoms with Crippen molar-refractivity contribution in [3.63, 3.8) is 0 Å². The summed E-state index contributed by atoms with van der Waals surface area (Å²) in [6.45, 7) is 4.78. The van der Waals surface area contributed by atoms with Crippen LogP contribution in [0.15, 0.2) is 42.5 Å². The minimum atomic E-state index is -0.993. The largest absolute Gasteiger partial charge is 0.494 e. The van der Waals surface area contributed by atoms with Crippen LogP contribution in [0.2, 0.25) is 0 Å². The highest BCUT2D eigenvalue weighted by Crippen LogP contribution is 2.37. The van der Waals surface area contributed by atoms with Crippen molar-refractivity contribution in [1.29, 1.82) is 0 Å². The van der Waals surface area contributed by atoms with Crippen LogP contribution in [0.5, 0.6) is 5.75 Å². The fraction of sp³-hybridized carbons (Fsp3) is 0.348. The van der Waals surface area contributed by atoms with Crippen molar-refractivity contribution in [1.82, 2.24) is 0 Å². The molecule has 1 fully saturated rings. The first kappa shape index (κ1) is 20.7. The van der Waals surface area contributed by atoms with E-state index in [-0.39, 0.29) is 17.5 Å². The predicted molar refractivity (Wildman–Crippen MR) is 117 cm³/mol. The summed E-state index contributed by atoms with van der Waals surface area (Å²) in [5.41, 5.74) is 2.34. The van der Waals surface area contributed by atoms with E-state index in [1.54, 1.807) is 36.4 Å². The van der Waals surface area contributed by atoms with Gasteiger partial charge in [0.2, 0.25) is 5.91 Å². The first-order chi connectivity index (χ1) is 15.0. The Bertz CT molecular complexity index is 1000. The van der Waals surface area contributed by atoms with Crippen molar-refractivity contribution in [3.05, 3.63) is 48.0 Å². The van der Waals surface area contributed by atoms with Gasteiger partial charge in [-0.1, -0.05) is 0 Å². The number of carbonyl (C=O) groups excluding carboxylic acids is 3. The van der Waals surface area contributed by atoms with E-state index in [9.17, 15) is 14.4 Å². The van der Waals surface area contributed by atoms with Crippen molar-refractivity contribution in [2.75, 3.05) is 28.7 Å². The lowest BCUT2D eigenvalue weighted by atomic mass is 10.1. The topological polar surface area (TPSA) is 97.0 Å². The molecule has 0 saturated carbocycles. The van der Waals surface area contributed by atoms with Crippen LogP contribution >= 0.6 is 0 Å². The number of nitrogens with zero attached hydrogens (tertiary/aromatic N) is 1. The molecule has 0 spiro atoms. The summed E-state index contributed by atoms with van der Waals surface area (Å²) < 4.78 is 10.7. The predicted octanol–water partition coefficient (Wildman–Crippen LogP) is 3.19. The molecule has 0 aromatic heterocycles. The number of nitrogens with one attached hydrogen (secondary N) is 2. The second-order valence-electron chi connectivity index (χ2n) is 7.57. The molecule has 2 aliphatic rings. The lowest BCUT2D eigenvalue weighted by molar-refractivity contribution is -0.123. The zero-order valence-electron chi connectivity index (χ0n) is 17.5. The zero-order chi connectivity index (χ0) is 22.0. The maximum atomic E-state index is 12.6. The van der Waals surface area contributed by atoms with E-state index in [2.05, 4.69) is 15.5 Å². The molecule has 2 aliphatic heterocycles. The molecule has 2 atom stereocenters. The first-order valence-corrected chi connectivity index (χ1v) is 10.4. The van der Waals surface area contributed by atoms with Gasteiger partial charge in [-0.3, -0.25) is 9.59 Å². The van der Waals surface area contributed by atoms with Gasteiger partial charge in [-0.25, -0.2) is 4.79 Å². The Morgan fingerprint density at radius 3 is 2.74 bits per heavy atom. The van der Waals surface area contributed by atoms with Gasteiger partial charge in [-0.2, -0.15) is 0 Å². The van der Waals surface area contributed by atoms with Gasteiger partial charge in [-0.05, 0) is 69.2 Å². The normalized spacial score (nSPS) is 17.8. The second kappa shape index (κ2) is 8.67. The Kier molecular flexibility index (Phi) is 5.79. The van der Waals surface area contributed by atoms with Gasteiger partial charge >= 0.3 is 5.97 Å². The number of hydrogen-bond acceptors (Lipinski definition) is 6. The Labute approximate surface area is 180 Å². The average molecular weight is 423 g/mol. The molecule has 1 saturated heterocycles. The van der Waals surface area contributed by atoms with Crippen molar-refractivity contribution in [2.24, 2.45) is 0 Å². The van der Waals surface area contributed by atoms with Gasteiger partial charge in [-0.15, -0.1) is 0 Å². The lowest BCUT2D eigenvalue weighted by Gasteiger charge is -2.33. The fourth-order valence-electron chi connectivity index (χ4n) is 3.88. The van der Waals surface area contributed by atoms with Crippen LogP contribution in [0, 0.1) is 0 Å². The first-order valence-electron chi connectivity index (χ1n) is 10.4. The summed E-state index contributed by atoms with van der Waals surface area (Å²) in [5, 5.41) is 5.58. The molecule has 31 heavy (non-hydrogen) atoms. The maximum absolute atomic E-state index is 12.6. The highest BCUT2D eigenvalue weighted by atomic mass is 16.5. The van der Waals surface area contributed by atoms with E-state index in [4.69, 9.17) is 9.47 Å². The average Bonchev–Trinajstić information content (AvgIpc) is 3.26. The maximum Gasteiger partial charge on any atom is 0.338 e. The Hall–Kier alpha value is -3.55. The van der Waals surface area contributed by atoms with E-state index in [1.807, 2.05) is 13.0 Å². The number of amides is 2. The summed E-state index contributed by atoms with van der Waals surface area (Å²) in [7, 11) is 0. The number of rotatable bonds is 6. The molecule has 2 aromatic rings. The standard InChI is InChI=1S/C23H25N3O5/c1-3-30-17-9-7-16(8-10-17)24-21(27)14(2)31-23(29)15-6-11-19-18(13-15)25-22(28)20-5-4-12-26(19)20/h6-11,13-14,20H,3-5,12H2,1-2H3,(H,24,27)(H,25,28)/t14-,20+/m0/s1. The lowest BCUT2D eigenvalue weighted by Crippen LogP contribution is -2.43. The van der Waals surface area contributed by atoms with Crippen molar-refractivity contribution in [2.45, 2.75) is 38.8 Å². The third-order valence-electron chi connectivity index (χ3n) is 5.44. The van der Waals surface area contributed by atoms with Crippen LogP contribution < -0.4 is 20.3 Å². The summed E-state index contributed by atoms with van der Waals surface area (Å²) in [6, 6.07) is 11.9. The van der Waals surface area contributed by atoms with Gasteiger partial charge in [0, 0.05) is 12.2 Å². The van der Waals surface area contributed by atoms with E-state index < -0.39 is 18.0 Å². The van der Waals surface area contributed by atoms with Crippen LogP contribution in [0.25, 0.3) is 0 Å². The van der Waals surface area contributed by atoms with Crippen LogP contribution in [-0.4, -0.2) is 43.1 Å². The van der Waals surface area contributed by atoms with Crippen LogP contribution in [-0.2, 0) is 14.3 Å². The highest BCUT2D eigenvalue weighted by molar-refractivity contribution is 6.05. The number of ether oxygens (including phenoxy) is 2. The molecular weight excluding hydrogens is 398 g/mol. The van der Waals surface area contributed by atoms with Crippen molar-refractivity contribution < 1.29 is 23.9 Å². The third-order valence-corrected chi connectivity index (χ3v) is 5.44. The van der Waals surface area contributed by atoms with Crippen molar-refractivity contribution >= 4 is 34.8 Å². The molecule has 2 heterocycles. The number of hydrogen-bond donors (Lipinski definition) is 2. The molecule has 162 valence electrons. The molecule has 0 radical (unpaired) electrons. The molecule has 0 unspecified atom stereocenters. The summed E-state index contributed by atoms with van der Waals surface area (Å²) in [5.74, 6) is -0.419. The van der Waals surface area contributed by atoms with Crippen LogP contribution in [0.4, 0.5) is 17.1 Å². The number of anilines is 3. The van der Waals surface area contributed by atoms with E-state index >= 15 is 0 Å². The molecule has 0 bridgehead atoms. The van der Waals surface area contributed by atoms with E-state index in [1.165, 1.54) is 6.92 Å². The van der Waals surface area contributed by atoms with E-state index in [0.717, 1.165) is 25.1 Å². The molecule has 2 N–H and O–H groups in total. The number of esters is 1. The van der Waals surface area contributed by atoms with Gasteiger partial charge in [0.15, 0.2) is 6.10 Å². The molecule has 8 nitrogen and oxygen atoms in total. The Balaban J connectivity index is 1.39. The quantitative estimate of drug-likeness (QED) is 0.693. The summed E-state index contributed by atoms with van der Waals surface area (Å²) in [4.78, 5) is 39.3. The molecule has 2 amide bonds. The van der Waals surface area contributed by atoms with Crippen LogP contribution in [0.3, 0.4) is 0 Å². The summed E-state index contributed by atoms with van der Waals surface area (Å²) >= 11 is 0.